The molecule has 0 aromatic carbocycles. The third-order valence-corrected chi connectivity index (χ3v) is 4.90. The fourth-order valence-corrected chi connectivity index (χ4v) is 3.03. The lowest BCUT2D eigenvalue weighted by atomic mass is 10.1. The van der Waals surface area contributed by atoms with Crippen LogP contribution in [0.4, 0.5) is 0 Å². The topological polar surface area (TPSA) is 93.8 Å². The Kier molecular flexibility index (Phi) is 15.0. The molecular weight excluding hydrogens is 356 g/mol. The van der Waals surface area contributed by atoms with Crippen molar-refractivity contribution in [1.29, 1.82) is 0 Å². The molecule has 0 rings (SSSR count). The molecule has 26 heavy (non-hydrogen) atoms. The monoisotopic (exact) mass is 397 g/mol. The lowest BCUT2D eigenvalue weighted by Gasteiger charge is -2.27. The molecule has 0 aromatic heterocycles. The average Bonchev–Trinajstić information content (AvgIpc) is 2.53. The highest BCUT2D eigenvalue weighted by Gasteiger charge is 2.15. The van der Waals surface area contributed by atoms with Gasteiger partial charge in [0.15, 0.2) is 0 Å². The lowest BCUT2D eigenvalue weighted by Crippen LogP contribution is -2.38. The van der Waals surface area contributed by atoms with Gasteiger partial charge in [0.25, 0.3) is 7.82 Å². The molecule has 0 amide bonds. The smallest absolute Gasteiger partial charge is 0.268 e. The van der Waals surface area contributed by atoms with Crippen molar-refractivity contribution in [1.82, 2.24) is 0 Å². The highest BCUT2D eigenvalue weighted by atomic mass is 32.2. The lowest BCUT2D eigenvalue weighted by molar-refractivity contribution is -0.870. The molecule has 7 nitrogen and oxygen atoms in total. The molecule has 0 spiro atoms. The fraction of sp³-hybridized carbons (Fsp3) is 1.00. The SMILES string of the molecule is CCCCCCCCCCOC[C@@H](N)CO[32P](=O)([O-])OCC[N+](C)(C)C. The zero-order chi connectivity index (χ0) is 19.9. The van der Waals surface area contributed by atoms with Crippen LogP contribution < -0.4 is 10.6 Å². The summed E-state index contributed by atoms with van der Waals surface area (Å²) in [7, 11) is 1.58. The van der Waals surface area contributed by atoms with E-state index in [1.807, 2.05) is 21.1 Å². The molecule has 2 atom stereocenters. The molecule has 8 heteroatoms. The van der Waals surface area contributed by atoms with Gasteiger partial charge < -0.3 is 28.9 Å². The van der Waals surface area contributed by atoms with Gasteiger partial charge in [0.05, 0.1) is 40.4 Å². The fourth-order valence-electron chi connectivity index (χ4n) is 2.27. The van der Waals surface area contributed by atoms with Crippen LogP contribution in [-0.2, 0) is 18.3 Å². The number of hydrogen-bond acceptors (Lipinski definition) is 6. The molecule has 0 aromatic rings. The number of nitrogens with two attached hydrogens (primary N) is 1. The zero-order valence-corrected chi connectivity index (χ0v) is 18.2. The number of ether oxygens (including phenoxy) is 1. The summed E-state index contributed by atoms with van der Waals surface area (Å²) in [5.74, 6) is 0. The van der Waals surface area contributed by atoms with Crippen molar-refractivity contribution in [3.8, 4) is 0 Å². The van der Waals surface area contributed by atoms with Gasteiger partial charge in [-0.05, 0) is 6.42 Å². The molecule has 0 aliphatic heterocycles. The maximum Gasteiger partial charge on any atom is 0.268 e. The molecule has 158 valence electrons. The van der Waals surface area contributed by atoms with Crippen molar-refractivity contribution in [3.63, 3.8) is 0 Å². The van der Waals surface area contributed by atoms with Crippen LogP contribution in [0.1, 0.15) is 58.3 Å². The largest absolute Gasteiger partial charge is 0.756 e. The van der Waals surface area contributed by atoms with Crippen LogP contribution >= 0.6 is 7.82 Å². The van der Waals surface area contributed by atoms with Gasteiger partial charge in [0.1, 0.15) is 13.2 Å². The van der Waals surface area contributed by atoms with Crippen LogP contribution in [0.15, 0.2) is 0 Å². The molecular formula is C18H41N2O5P. The van der Waals surface area contributed by atoms with E-state index in [9.17, 15) is 9.46 Å². The van der Waals surface area contributed by atoms with Crippen molar-refractivity contribution in [2.24, 2.45) is 5.73 Å². The molecule has 0 bridgehead atoms. The Morgan fingerprint density at radius 3 is 2.08 bits per heavy atom. The number of unbranched alkanes of at least 4 members (excludes halogenated alkanes) is 7. The quantitative estimate of drug-likeness (QED) is 0.217. The minimum absolute atomic E-state index is 0.0917. The molecule has 0 saturated heterocycles. The number of quaternary nitrogens is 1. The summed E-state index contributed by atoms with van der Waals surface area (Å²) in [6, 6.07) is -0.478. The Morgan fingerprint density at radius 1 is 0.923 bits per heavy atom. The van der Waals surface area contributed by atoms with E-state index >= 15 is 0 Å². The van der Waals surface area contributed by atoms with E-state index in [2.05, 4.69) is 6.92 Å². The van der Waals surface area contributed by atoms with Gasteiger partial charge in [-0.25, -0.2) is 0 Å². The van der Waals surface area contributed by atoms with Gasteiger partial charge in [-0.2, -0.15) is 0 Å². The molecule has 2 N–H and O–H groups in total. The van der Waals surface area contributed by atoms with Crippen LogP contribution in [0.5, 0.6) is 0 Å². The molecule has 0 aliphatic rings. The molecule has 0 aliphatic carbocycles. The van der Waals surface area contributed by atoms with Crippen molar-refractivity contribution in [2.75, 3.05) is 54.1 Å². The van der Waals surface area contributed by atoms with Crippen LogP contribution in [-0.4, -0.2) is 64.6 Å². The second kappa shape index (κ2) is 15.0. The molecule has 1 unspecified atom stereocenters. The van der Waals surface area contributed by atoms with E-state index in [1.165, 1.54) is 38.5 Å². The van der Waals surface area contributed by atoms with E-state index in [4.69, 9.17) is 19.5 Å². The average molecular weight is 398 g/mol. The molecule has 0 saturated carbocycles. The Balaban J connectivity index is 3.55. The number of hydrogen-bond donors (Lipinski definition) is 1. The summed E-state index contributed by atoms with van der Waals surface area (Å²) < 4.78 is 27.4. The normalized spacial score (nSPS) is 15.8. The van der Waals surface area contributed by atoms with Crippen molar-refractivity contribution >= 4 is 7.82 Å². The zero-order valence-electron chi connectivity index (χ0n) is 17.3. The van der Waals surface area contributed by atoms with E-state index < -0.39 is 13.9 Å². The van der Waals surface area contributed by atoms with Gasteiger partial charge in [0.2, 0.25) is 0 Å². The Morgan fingerprint density at radius 2 is 1.50 bits per heavy atom. The number of phosphoric ester groups is 1. The maximum atomic E-state index is 11.6. The minimum atomic E-state index is -4.29. The van der Waals surface area contributed by atoms with Crippen LogP contribution in [0.2, 0.25) is 0 Å². The van der Waals surface area contributed by atoms with Gasteiger partial charge in [-0.15, -0.1) is 0 Å². The maximum absolute atomic E-state index is 11.6. The first kappa shape index (κ1) is 26.0. The second-order valence-corrected chi connectivity index (χ2v) is 9.31. The molecule has 0 fully saturated rings. The minimum Gasteiger partial charge on any atom is -0.756 e. The van der Waals surface area contributed by atoms with Gasteiger partial charge >= 0.3 is 0 Å². The summed E-state index contributed by atoms with van der Waals surface area (Å²) in [6.07, 6.45) is 9.98. The highest BCUT2D eigenvalue weighted by molar-refractivity contribution is 7.45. The second-order valence-electron chi connectivity index (χ2n) is 7.90. The first-order chi connectivity index (χ1) is 12.2. The number of likely N-dealkylation sites (N-methyl/N-ethyl adjacent to an activating group) is 1. The van der Waals surface area contributed by atoms with Gasteiger partial charge in [-0.1, -0.05) is 51.9 Å². The summed E-state index contributed by atoms with van der Waals surface area (Å²) >= 11 is 0. The highest BCUT2D eigenvalue weighted by Crippen LogP contribution is 2.37. The number of nitrogens with zero attached hydrogens (tertiary/aromatic N) is 1. The van der Waals surface area contributed by atoms with E-state index in [0.29, 0.717) is 17.6 Å². The van der Waals surface area contributed by atoms with Crippen LogP contribution in [0, 0.1) is 0 Å². The van der Waals surface area contributed by atoms with Crippen LogP contribution in [0.3, 0.4) is 0 Å². The first-order valence-corrected chi connectivity index (χ1v) is 11.4. The van der Waals surface area contributed by atoms with E-state index in [0.717, 1.165) is 12.8 Å². The summed E-state index contributed by atoms with van der Waals surface area (Å²) in [5, 5.41) is 0. The van der Waals surface area contributed by atoms with Gasteiger partial charge in [-0.3, -0.25) is 4.57 Å². The van der Waals surface area contributed by atoms with Crippen molar-refractivity contribution in [3.05, 3.63) is 0 Å². The number of rotatable bonds is 18. The Bertz CT molecular complexity index is 377. The van der Waals surface area contributed by atoms with Crippen LogP contribution in [0.25, 0.3) is 0 Å². The van der Waals surface area contributed by atoms with E-state index in [-0.39, 0.29) is 19.8 Å². The predicted octanol–water partition coefficient (Wildman–Crippen LogP) is 2.68. The van der Waals surface area contributed by atoms with E-state index in [1.54, 1.807) is 0 Å². The van der Waals surface area contributed by atoms with Crippen molar-refractivity contribution < 1.29 is 27.7 Å². The first-order valence-electron chi connectivity index (χ1n) is 9.90. The Labute approximate surface area is 160 Å². The molecule has 0 radical (unpaired) electrons. The summed E-state index contributed by atoms with van der Waals surface area (Å²) in [4.78, 5) is 11.6. The third kappa shape index (κ3) is 18.8. The third-order valence-electron chi connectivity index (χ3n) is 3.93. The Hall–Kier alpha value is -0.0100. The summed E-state index contributed by atoms with van der Waals surface area (Å²) in [5.41, 5.74) is 5.82. The standard InChI is InChI=1S/C18H41N2O5P/c1-5-6-7-8-9-10-11-12-14-23-16-18(19)17-25-26(21,22)24-15-13-20(2,3)4/h18H,5-17,19H2,1-4H3/t18-/m1/s1/i26+1. The number of phosphoric acid groups is 1. The summed E-state index contributed by atoms with van der Waals surface area (Å²) in [6.45, 7) is 3.70. The molecule has 0 heterocycles. The van der Waals surface area contributed by atoms with Gasteiger partial charge in [0, 0.05) is 6.61 Å². The van der Waals surface area contributed by atoms with Crippen molar-refractivity contribution in [2.45, 2.75) is 64.3 Å². The predicted molar refractivity (Wildman–Crippen MR) is 104 cm³/mol.